The van der Waals surface area contributed by atoms with E-state index in [0.717, 1.165) is 48.3 Å². The third-order valence-electron chi connectivity index (χ3n) is 5.16. The lowest BCUT2D eigenvalue weighted by Crippen LogP contribution is -2.42. The molecule has 7 nitrogen and oxygen atoms in total. The Morgan fingerprint density at radius 2 is 1.71 bits per heavy atom. The Bertz CT molecular complexity index is 814. The van der Waals surface area contributed by atoms with Gasteiger partial charge in [0.1, 0.15) is 5.82 Å². The van der Waals surface area contributed by atoms with Gasteiger partial charge in [0.2, 0.25) is 5.95 Å². The van der Waals surface area contributed by atoms with Crippen molar-refractivity contribution in [3.05, 3.63) is 41.6 Å². The molecule has 150 valence electrons. The number of carbonyl (C=O) groups is 1. The summed E-state index contributed by atoms with van der Waals surface area (Å²) >= 11 is 0. The van der Waals surface area contributed by atoms with Crippen molar-refractivity contribution in [1.29, 1.82) is 0 Å². The van der Waals surface area contributed by atoms with Gasteiger partial charge in [0.05, 0.1) is 0 Å². The molecule has 0 bridgehead atoms. The smallest absolute Gasteiger partial charge is 0.319 e. The number of aryl methyl sites for hydroxylation is 2. The molecule has 0 aliphatic heterocycles. The lowest BCUT2D eigenvalue weighted by Gasteiger charge is -2.30. The number of nitrogens with zero attached hydrogens (tertiary/aromatic N) is 3. The molecule has 0 unspecified atom stereocenters. The third kappa shape index (κ3) is 5.12. The second-order valence-corrected chi connectivity index (χ2v) is 7.70. The van der Waals surface area contributed by atoms with Crippen molar-refractivity contribution in [1.82, 2.24) is 15.3 Å². The summed E-state index contributed by atoms with van der Waals surface area (Å²) in [4.78, 5) is 23.3. The van der Waals surface area contributed by atoms with E-state index in [2.05, 4.69) is 25.9 Å². The molecular formula is C21H30N6O. The fraction of sp³-hybridized carbons (Fsp3) is 0.476. The van der Waals surface area contributed by atoms with Crippen LogP contribution in [0.4, 0.5) is 22.2 Å². The van der Waals surface area contributed by atoms with E-state index in [-0.39, 0.29) is 12.1 Å². The van der Waals surface area contributed by atoms with Crippen molar-refractivity contribution in [2.75, 3.05) is 29.6 Å². The topological polar surface area (TPSA) is 82.2 Å². The van der Waals surface area contributed by atoms with E-state index in [4.69, 9.17) is 0 Å². The highest BCUT2D eigenvalue weighted by atomic mass is 16.2. The normalized spacial score (nSPS) is 19.0. The van der Waals surface area contributed by atoms with Gasteiger partial charge in [-0.3, -0.25) is 0 Å². The van der Waals surface area contributed by atoms with Gasteiger partial charge in [-0.15, -0.1) is 0 Å². The zero-order chi connectivity index (χ0) is 20.1. The van der Waals surface area contributed by atoms with Crippen LogP contribution < -0.4 is 20.9 Å². The molecule has 2 aromatic rings. The van der Waals surface area contributed by atoms with Crippen molar-refractivity contribution in [3.8, 4) is 0 Å². The van der Waals surface area contributed by atoms with E-state index in [1.54, 1.807) is 0 Å². The molecule has 0 radical (unpaired) electrons. The highest BCUT2D eigenvalue weighted by molar-refractivity contribution is 5.90. The maximum atomic E-state index is 12.3. The molecule has 1 saturated carbocycles. The van der Waals surface area contributed by atoms with E-state index in [9.17, 15) is 4.79 Å². The summed E-state index contributed by atoms with van der Waals surface area (Å²) in [6, 6.07) is 8.18. The van der Waals surface area contributed by atoms with Crippen LogP contribution in [-0.4, -0.2) is 42.2 Å². The van der Waals surface area contributed by atoms with Crippen LogP contribution in [0, 0.1) is 13.8 Å². The van der Waals surface area contributed by atoms with E-state index in [0.29, 0.717) is 12.0 Å². The van der Waals surface area contributed by atoms with Gasteiger partial charge < -0.3 is 20.9 Å². The quantitative estimate of drug-likeness (QED) is 0.734. The Balaban J connectivity index is 1.47. The number of urea groups is 1. The minimum absolute atomic E-state index is 0.136. The summed E-state index contributed by atoms with van der Waals surface area (Å²) < 4.78 is 0. The number of para-hydroxylation sites is 1. The largest absolute Gasteiger partial charge is 0.362 e. The Morgan fingerprint density at radius 3 is 2.39 bits per heavy atom. The number of nitrogens with one attached hydrogen (secondary N) is 3. The number of amides is 2. The summed E-state index contributed by atoms with van der Waals surface area (Å²) in [5.41, 5.74) is 2.97. The summed E-state index contributed by atoms with van der Waals surface area (Å²) in [6.45, 7) is 4.00. The molecule has 1 aromatic heterocycles. The van der Waals surface area contributed by atoms with Gasteiger partial charge in [0.15, 0.2) is 0 Å². The first-order chi connectivity index (χ1) is 13.4. The first-order valence-corrected chi connectivity index (χ1v) is 9.83. The SMILES string of the molecule is Cc1ccccc1NC(=O)N[C@H]1CC[C@@H](Nc2ncc(C)c(N(C)C)n2)CC1. The fourth-order valence-corrected chi connectivity index (χ4v) is 3.58. The van der Waals surface area contributed by atoms with Gasteiger partial charge in [0.25, 0.3) is 0 Å². The number of rotatable bonds is 5. The molecule has 0 saturated heterocycles. The van der Waals surface area contributed by atoms with Gasteiger partial charge in [-0.05, 0) is 51.2 Å². The number of carbonyl (C=O) groups excluding carboxylic acids is 1. The van der Waals surface area contributed by atoms with E-state index in [1.807, 2.05) is 63.3 Å². The molecule has 0 atom stereocenters. The van der Waals surface area contributed by atoms with Crippen LogP contribution in [0.25, 0.3) is 0 Å². The number of hydrogen-bond donors (Lipinski definition) is 3. The summed E-state index contributed by atoms with van der Waals surface area (Å²) in [6.07, 6.45) is 5.68. The monoisotopic (exact) mass is 382 g/mol. The molecule has 1 aliphatic rings. The summed E-state index contributed by atoms with van der Waals surface area (Å²) in [7, 11) is 3.97. The van der Waals surface area contributed by atoms with E-state index >= 15 is 0 Å². The molecule has 3 N–H and O–H groups in total. The molecule has 1 heterocycles. The van der Waals surface area contributed by atoms with Crippen LogP contribution in [-0.2, 0) is 0 Å². The molecule has 3 rings (SSSR count). The van der Waals surface area contributed by atoms with Crippen LogP contribution in [0.2, 0.25) is 0 Å². The van der Waals surface area contributed by atoms with Crippen LogP contribution in [0.15, 0.2) is 30.5 Å². The van der Waals surface area contributed by atoms with Crippen LogP contribution in [0.5, 0.6) is 0 Å². The number of aromatic nitrogens is 2. The first-order valence-electron chi connectivity index (χ1n) is 9.83. The molecule has 1 aliphatic carbocycles. The second-order valence-electron chi connectivity index (χ2n) is 7.70. The molecule has 1 aromatic carbocycles. The van der Waals surface area contributed by atoms with Crippen molar-refractivity contribution >= 4 is 23.5 Å². The molecule has 1 fully saturated rings. The Labute approximate surface area is 167 Å². The molecule has 7 heteroatoms. The van der Waals surface area contributed by atoms with Gasteiger partial charge in [0, 0.05) is 43.6 Å². The van der Waals surface area contributed by atoms with Gasteiger partial charge in [-0.1, -0.05) is 18.2 Å². The zero-order valence-corrected chi connectivity index (χ0v) is 17.1. The van der Waals surface area contributed by atoms with Crippen LogP contribution in [0.3, 0.4) is 0 Å². The molecule has 2 amide bonds. The van der Waals surface area contributed by atoms with Crippen molar-refractivity contribution in [3.63, 3.8) is 0 Å². The van der Waals surface area contributed by atoms with Crippen molar-refractivity contribution < 1.29 is 4.79 Å². The molecular weight excluding hydrogens is 352 g/mol. The maximum absolute atomic E-state index is 12.3. The Morgan fingerprint density at radius 1 is 1.04 bits per heavy atom. The van der Waals surface area contributed by atoms with Gasteiger partial charge >= 0.3 is 6.03 Å². The Hall–Kier alpha value is -2.83. The second kappa shape index (κ2) is 8.91. The van der Waals surface area contributed by atoms with Crippen LogP contribution in [0.1, 0.15) is 36.8 Å². The predicted octanol–water partition coefficient (Wildman–Crippen LogP) is 3.70. The van der Waals surface area contributed by atoms with Gasteiger partial charge in [-0.2, -0.15) is 4.98 Å². The first kappa shape index (κ1) is 19.9. The summed E-state index contributed by atoms with van der Waals surface area (Å²) in [5.74, 6) is 1.60. The van der Waals surface area contributed by atoms with Crippen LogP contribution >= 0.6 is 0 Å². The number of benzene rings is 1. The zero-order valence-electron chi connectivity index (χ0n) is 17.1. The van der Waals surface area contributed by atoms with E-state index < -0.39 is 0 Å². The average Bonchev–Trinajstić information content (AvgIpc) is 2.66. The lowest BCUT2D eigenvalue weighted by atomic mass is 9.91. The highest BCUT2D eigenvalue weighted by Gasteiger charge is 2.23. The molecule has 28 heavy (non-hydrogen) atoms. The third-order valence-corrected chi connectivity index (χ3v) is 5.16. The van der Waals surface area contributed by atoms with E-state index in [1.165, 1.54) is 0 Å². The van der Waals surface area contributed by atoms with Gasteiger partial charge in [-0.25, -0.2) is 9.78 Å². The summed E-state index contributed by atoms with van der Waals surface area (Å²) in [5, 5.41) is 9.48. The van der Waals surface area contributed by atoms with Crippen molar-refractivity contribution in [2.24, 2.45) is 0 Å². The van der Waals surface area contributed by atoms with Crippen molar-refractivity contribution in [2.45, 2.75) is 51.6 Å². The Kier molecular flexibility index (Phi) is 6.34. The fourth-order valence-electron chi connectivity index (χ4n) is 3.58. The lowest BCUT2D eigenvalue weighted by molar-refractivity contribution is 0.243. The average molecular weight is 383 g/mol. The predicted molar refractivity (Wildman–Crippen MR) is 114 cm³/mol. The number of anilines is 3. The maximum Gasteiger partial charge on any atom is 0.319 e. The minimum Gasteiger partial charge on any atom is -0.362 e. The highest BCUT2D eigenvalue weighted by Crippen LogP contribution is 2.23. The molecule has 0 spiro atoms. The minimum atomic E-state index is -0.136. The standard InChI is InChI=1S/C21H30N6O/c1-14-7-5-6-8-18(14)25-21(28)24-17-11-9-16(10-12-17)23-20-22-13-15(2)19(26-20)27(3)4/h5-8,13,16-17H,9-12H2,1-4H3,(H,22,23,26)(H2,24,25,28)/t16-,17+. The number of hydrogen-bond acceptors (Lipinski definition) is 5.